The van der Waals surface area contributed by atoms with E-state index in [1.807, 2.05) is 12.1 Å². The second-order valence-electron chi connectivity index (χ2n) is 6.47. The minimum Gasteiger partial charge on any atom is -0.484 e. The monoisotopic (exact) mass is 387 g/mol. The number of halogens is 1. The average molecular weight is 388 g/mol. The zero-order valence-corrected chi connectivity index (χ0v) is 15.7. The van der Waals surface area contributed by atoms with Crippen LogP contribution in [0, 0.1) is 5.92 Å². The number of rotatable bonds is 6. The molecule has 27 heavy (non-hydrogen) atoms. The molecule has 0 unspecified atom stereocenters. The maximum atomic E-state index is 12.3. The van der Waals surface area contributed by atoms with Crippen LogP contribution in [0.3, 0.4) is 0 Å². The van der Waals surface area contributed by atoms with E-state index in [2.05, 4.69) is 10.3 Å². The minimum absolute atomic E-state index is 0.0134. The van der Waals surface area contributed by atoms with Gasteiger partial charge in [-0.15, -0.1) is 0 Å². The first-order chi connectivity index (χ1) is 13.1. The number of carbonyl (C=O) groups is 2. The summed E-state index contributed by atoms with van der Waals surface area (Å²) < 4.78 is 5.50. The number of hydrogen-bond donors (Lipinski definition) is 1. The first-order valence-electron chi connectivity index (χ1n) is 8.94. The van der Waals surface area contributed by atoms with Gasteiger partial charge in [-0.05, 0) is 54.8 Å². The van der Waals surface area contributed by atoms with E-state index in [0.717, 1.165) is 5.56 Å². The van der Waals surface area contributed by atoms with E-state index >= 15 is 0 Å². The Kier molecular flexibility index (Phi) is 6.65. The molecule has 1 aliphatic heterocycles. The fourth-order valence-corrected chi connectivity index (χ4v) is 3.12. The molecule has 1 fully saturated rings. The number of hydrogen-bond acceptors (Lipinski definition) is 4. The standard InChI is InChI=1S/C20H22ClN3O3/c21-17-1-3-18(4-2-17)27-14-19(25)24-11-7-16(8-12-24)20(26)23-13-15-5-9-22-10-6-15/h1-6,9-10,16H,7-8,11-14H2,(H,23,26). The van der Waals surface area contributed by atoms with Gasteiger partial charge in [0.25, 0.3) is 5.91 Å². The number of ether oxygens (including phenoxy) is 1. The van der Waals surface area contributed by atoms with Crippen molar-refractivity contribution in [1.82, 2.24) is 15.2 Å². The Morgan fingerprint density at radius 3 is 2.44 bits per heavy atom. The molecule has 1 aromatic heterocycles. The normalized spacial score (nSPS) is 14.6. The topological polar surface area (TPSA) is 71.5 Å². The van der Waals surface area contributed by atoms with Crippen molar-refractivity contribution in [2.24, 2.45) is 5.92 Å². The summed E-state index contributed by atoms with van der Waals surface area (Å²) in [5.41, 5.74) is 1.02. The smallest absolute Gasteiger partial charge is 0.260 e. The van der Waals surface area contributed by atoms with Crippen molar-refractivity contribution in [3.63, 3.8) is 0 Å². The van der Waals surface area contributed by atoms with Crippen LogP contribution >= 0.6 is 11.6 Å². The van der Waals surface area contributed by atoms with Crippen LogP contribution in [0.1, 0.15) is 18.4 Å². The Labute approximate surface area is 163 Å². The van der Waals surface area contributed by atoms with Crippen LogP contribution in [0.2, 0.25) is 5.02 Å². The Morgan fingerprint density at radius 1 is 1.11 bits per heavy atom. The van der Waals surface area contributed by atoms with Gasteiger partial charge in [-0.25, -0.2) is 0 Å². The molecule has 0 saturated carbocycles. The Hall–Kier alpha value is -2.60. The highest BCUT2D eigenvalue weighted by molar-refractivity contribution is 6.30. The number of pyridine rings is 1. The summed E-state index contributed by atoms with van der Waals surface area (Å²) in [6.07, 6.45) is 4.74. The van der Waals surface area contributed by atoms with E-state index in [1.54, 1.807) is 41.6 Å². The Morgan fingerprint density at radius 2 is 1.78 bits per heavy atom. The lowest BCUT2D eigenvalue weighted by Crippen LogP contribution is -2.44. The highest BCUT2D eigenvalue weighted by Crippen LogP contribution is 2.19. The van der Waals surface area contributed by atoms with Gasteiger partial charge in [-0.2, -0.15) is 0 Å². The van der Waals surface area contributed by atoms with Crippen molar-refractivity contribution < 1.29 is 14.3 Å². The van der Waals surface area contributed by atoms with E-state index in [4.69, 9.17) is 16.3 Å². The van der Waals surface area contributed by atoms with Gasteiger partial charge in [-0.1, -0.05) is 11.6 Å². The van der Waals surface area contributed by atoms with Gasteiger partial charge < -0.3 is 15.0 Å². The van der Waals surface area contributed by atoms with Crippen LogP contribution in [0.25, 0.3) is 0 Å². The van der Waals surface area contributed by atoms with Crippen molar-refractivity contribution in [1.29, 1.82) is 0 Å². The van der Waals surface area contributed by atoms with E-state index in [0.29, 0.717) is 43.2 Å². The fraction of sp³-hybridized carbons (Fsp3) is 0.350. The SMILES string of the molecule is O=C(NCc1ccncc1)C1CCN(C(=O)COc2ccc(Cl)cc2)CC1. The lowest BCUT2D eigenvalue weighted by Gasteiger charge is -2.31. The van der Waals surface area contributed by atoms with E-state index in [9.17, 15) is 9.59 Å². The molecule has 2 amide bonds. The second-order valence-corrected chi connectivity index (χ2v) is 6.91. The van der Waals surface area contributed by atoms with Crippen LogP contribution in [0.15, 0.2) is 48.8 Å². The number of aromatic nitrogens is 1. The quantitative estimate of drug-likeness (QED) is 0.827. The van der Waals surface area contributed by atoms with Crippen LogP contribution in [-0.4, -0.2) is 41.4 Å². The molecular formula is C20H22ClN3O3. The number of amides is 2. The van der Waals surface area contributed by atoms with E-state index in [1.165, 1.54) is 0 Å². The lowest BCUT2D eigenvalue weighted by molar-refractivity contribution is -0.137. The third kappa shape index (κ3) is 5.69. The third-order valence-electron chi connectivity index (χ3n) is 4.61. The van der Waals surface area contributed by atoms with Crippen molar-refractivity contribution in [3.05, 3.63) is 59.4 Å². The molecule has 3 rings (SSSR count). The highest BCUT2D eigenvalue weighted by Gasteiger charge is 2.27. The molecule has 2 aromatic rings. The molecule has 0 aliphatic carbocycles. The second kappa shape index (κ2) is 9.37. The Balaban J connectivity index is 1.39. The van der Waals surface area contributed by atoms with Gasteiger partial charge in [0.1, 0.15) is 5.75 Å². The average Bonchev–Trinajstić information content (AvgIpc) is 2.72. The molecule has 1 saturated heterocycles. The van der Waals surface area contributed by atoms with Crippen LogP contribution in [0.4, 0.5) is 0 Å². The molecule has 0 spiro atoms. The summed E-state index contributed by atoms with van der Waals surface area (Å²) in [5, 5.41) is 3.58. The molecule has 142 valence electrons. The van der Waals surface area contributed by atoms with Crippen molar-refractivity contribution in [3.8, 4) is 5.75 Å². The third-order valence-corrected chi connectivity index (χ3v) is 4.86. The molecule has 6 nitrogen and oxygen atoms in total. The van der Waals surface area contributed by atoms with Gasteiger partial charge in [0, 0.05) is 43.0 Å². The number of carbonyl (C=O) groups excluding carboxylic acids is 2. The van der Waals surface area contributed by atoms with Crippen molar-refractivity contribution in [2.45, 2.75) is 19.4 Å². The predicted octanol–water partition coefficient (Wildman–Crippen LogP) is 2.67. The van der Waals surface area contributed by atoms with Crippen molar-refractivity contribution >= 4 is 23.4 Å². The maximum Gasteiger partial charge on any atom is 0.260 e. The van der Waals surface area contributed by atoms with Gasteiger partial charge in [-0.3, -0.25) is 14.6 Å². The molecule has 1 aromatic carbocycles. The van der Waals surface area contributed by atoms with Crippen molar-refractivity contribution in [2.75, 3.05) is 19.7 Å². The summed E-state index contributed by atoms with van der Waals surface area (Å²) in [7, 11) is 0. The summed E-state index contributed by atoms with van der Waals surface area (Å²) in [4.78, 5) is 30.3. The van der Waals surface area contributed by atoms with Gasteiger partial charge in [0.05, 0.1) is 0 Å². The molecular weight excluding hydrogens is 366 g/mol. The number of nitrogens with zero attached hydrogens (tertiary/aromatic N) is 2. The molecule has 0 bridgehead atoms. The predicted molar refractivity (Wildman–Crippen MR) is 102 cm³/mol. The lowest BCUT2D eigenvalue weighted by atomic mass is 9.96. The number of nitrogens with one attached hydrogen (secondary N) is 1. The van der Waals surface area contributed by atoms with E-state index in [-0.39, 0.29) is 24.3 Å². The summed E-state index contributed by atoms with van der Waals surface area (Å²) in [5.74, 6) is 0.517. The maximum absolute atomic E-state index is 12.3. The number of likely N-dealkylation sites (tertiary alicyclic amines) is 1. The zero-order valence-electron chi connectivity index (χ0n) is 14.9. The number of benzene rings is 1. The van der Waals surface area contributed by atoms with Crippen LogP contribution in [0.5, 0.6) is 5.75 Å². The van der Waals surface area contributed by atoms with E-state index < -0.39 is 0 Å². The van der Waals surface area contributed by atoms with Crippen LogP contribution < -0.4 is 10.1 Å². The first kappa shape index (κ1) is 19.2. The largest absolute Gasteiger partial charge is 0.484 e. The minimum atomic E-state index is -0.0689. The summed E-state index contributed by atoms with van der Waals surface area (Å²) >= 11 is 5.83. The molecule has 0 atom stereocenters. The fourth-order valence-electron chi connectivity index (χ4n) is 2.99. The first-order valence-corrected chi connectivity index (χ1v) is 9.32. The van der Waals surface area contributed by atoms with Gasteiger partial charge >= 0.3 is 0 Å². The van der Waals surface area contributed by atoms with Gasteiger partial charge in [0.2, 0.25) is 5.91 Å². The highest BCUT2D eigenvalue weighted by atomic mass is 35.5. The molecule has 7 heteroatoms. The molecule has 1 aliphatic rings. The van der Waals surface area contributed by atoms with Gasteiger partial charge in [0.15, 0.2) is 6.61 Å². The Bertz CT molecular complexity index is 760. The summed E-state index contributed by atoms with van der Waals surface area (Å²) in [6, 6.07) is 10.7. The number of piperidine rings is 1. The van der Waals surface area contributed by atoms with Crippen LogP contribution in [-0.2, 0) is 16.1 Å². The molecule has 2 heterocycles. The zero-order chi connectivity index (χ0) is 19.1. The molecule has 0 radical (unpaired) electrons. The summed E-state index contributed by atoms with van der Waals surface area (Å²) in [6.45, 7) is 1.61. The molecule has 1 N–H and O–H groups in total.